The smallest absolute Gasteiger partial charge is 0.435 e. The molecule has 4 nitrogen and oxygen atoms in total. The lowest BCUT2D eigenvalue weighted by atomic mass is 10.0. The topological polar surface area (TPSA) is 58.6 Å². The van der Waals surface area contributed by atoms with Crippen LogP contribution in [0.5, 0.6) is 0 Å². The SMILES string of the molecule is O=C(O)C1CC(OC(C(F)(F)F)(C(F)(F)F)C(F)(F)F)CN1. The van der Waals surface area contributed by atoms with Gasteiger partial charge in [0.15, 0.2) is 0 Å². The van der Waals surface area contributed by atoms with E-state index in [0.717, 1.165) is 0 Å². The fraction of sp³-hybridized carbons (Fsp3) is 0.889. The third kappa shape index (κ3) is 3.09. The highest BCUT2D eigenvalue weighted by atomic mass is 19.4. The summed E-state index contributed by atoms with van der Waals surface area (Å²) in [6, 6.07) is -1.60. The quantitative estimate of drug-likeness (QED) is 0.768. The van der Waals surface area contributed by atoms with Gasteiger partial charge in [0.2, 0.25) is 0 Å². The second-order valence-corrected chi connectivity index (χ2v) is 4.45. The Labute approximate surface area is 116 Å². The van der Waals surface area contributed by atoms with E-state index in [2.05, 4.69) is 4.74 Å². The van der Waals surface area contributed by atoms with Crippen molar-refractivity contribution in [2.45, 2.75) is 42.7 Å². The van der Waals surface area contributed by atoms with Gasteiger partial charge in [0.1, 0.15) is 6.04 Å². The Bertz CT molecular complexity index is 391. The standard InChI is InChI=1S/C9H8F9NO3/c10-7(11,12)6(8(13,14)15,9(16,17)18)22-3-1-4(5(20)21)19-2-3/h3-4,19H,1-2H2,(H,20,21). The third-order valence-corrected chi connectivity index (χ3v) is 2.93. The maximum atomic E-state index is 12.6. The number of carboxylic acid groups (broad SMARTS) is 1. The Kier molecular flexibility index (Phi) is 4.65. The Morgan fingerprint density at radius 1 is 0.955 bits per heavy atom. The average Bonchev–Trinajstić information content (AvgIpc) is 2.68. The molecule has 1 aliphatic rings. The van der Waals surface area contributed by atoms with Crippen LogP contribution in [0.4, 0.5) is 39.5 Å². The normalized spacial score (nSPS) is 24.6. The van der Waals surface area contributed by atoms with E-state index in [-0.39, 0.29) is 0 Å². The van der Waals surface area contributed by atoms with Crippen LogP contribution in [0.3, 0.4) is 0 Å². The molecule has 22 heavy (non-hydrogen) atoms. The van der Waals surface area contributed by atoms with Crippen LogP contribution < -0.4 is 5.32 Å². The fourth-order valence-electron chi connectivity index (χ4n) is 1.91. The summed E-state index contributed by atoms with van der Waals surface area (Å²) in [4.78, 5) is 10.5. The van der Waals surface area contributed by atoms with Crippen molar-refractivity contribution in [3.8, 4) is 0 Å². The van der Waals surface area contributed by atoms with Gasteiger partial charge in [-0.1, -0.05) is 0 Å². The first-order valence-electron chi connectivity index (χ1n) is 5.47. The molecule has 2 atom stereocenters. The zero-order valence-electron chi connectivity index (χ0n) is 10.2. The first-order valence-corrected chi connectivity index (χ1v) is 5.47. The molecule has 0 aliphatic carbocycles. The number of halogens is 9. The summed E-state index contributed by atoms with van der Waals surface area (Å²) in [7, 11) is 0. The Morgan fingerprint density at radius 3 is 1.64 bits per heavy atom. The van der Waals surface area contributed by atoms with Crippen molar-refractivity contribution < 1.29 is 54.2 Å². The van der Waals surface area contributed by atoms with Crippen molar-refractivity contribution in [2.24, 2.45) is 0 Å². The molecule has 0 aromatic carbocycles. The van der Waals surface area contributed by atoms with Gasteiger partial charge in [0.05, 0.1) is 6.10 Å². The molecule has 2 unspecified atom stereocenters. The van der Waals surface area contributed by atoms with E-state index >= 15 is 0 Å². The van der Waals surface area contributed by atoms with Crippen LogP contribution in [0.2, 0.25) is 0 Å². The second kappa shape index (κ2) is 5.44. The first kappa shape index (κ1) is 18.8. The zero-order valence-corrected chi connectivity index (χ0v) is 10.2. The minimum Gasteiger partial charge on any atom is -0.480 e. The highest BCUT2D eigenvalue weighted by Crippen LogP contribution is 2.55. The first-order chi connectivity index (χ1) is 9.63. The molecule has 0 spiro atoms. The summed E-state index contributed by atoms with van der Waals surface area (Å²) in [5.41, 5.74) is -6.38. The summed E-state index contributed by atoms with van der Waals surface area (Å²) in [6.07, 6.45) is -23.7. The van der Waals surface area contributed by atoms with Gasteiger partial charge < -0.3 is 15.2 Å². The monoisotopic (exact) mass is 349 g/mol. The number of hydrogen-bond acceptors (Lipinski definition) is 3. The number of rotatable bonds is 3. The van der Waals surface area contributed by atoms with Gasteiger partial charge >= 0.3 is 30.1 Å². The zero-order chi connectivity index (χ0) is 17.6. The van der Waals surface area contributed by atoms with Gasteiger partial charge in [0, 0.05) is 13.0 Å². The maximum absolute atomic E-state index is 12.6. The number of carbonyl (C=O) groups is 1. The molecule has 0 aromatic heterocycles. The number of carboxylic acids is 1. The summed E-state index contributed by atoms with van der Waals surface area (Å²) in [5, 5.41) is 10.5. The van der Waals surface area contributed by atoms with Crippen LogP contribution in [0, 0.1) is 0 Å². The average molecular weight is 349 g/mol. The van der Waals surface area contributed by atoms with Gasteiger partial charge in [0.25, 0.3) is 0 Å². The second-order valence-electron chi connectivity index (χ2n) is 4.45. The van der Waals surface area contributed by atoms with Crippen LogP contribution in [-0.4, -0.2) is 53.9 Å². The largest absolute Gasteiger partial charge is 0.480 e. The molecule has 1 aliphatic heterocycles. The van der Waals surface area contributed by atoms with Gasteiger partial charge in [-0.05, 0) is 0 Å². The van der Waals surface area contributed by atoms with E-state index < -0.39 is 55.2 Å². The minimum absolute atomic E-state index is 0.902. The van der Waals surface area contributed by atoms with Crippen LogP contribution in [0.1, 0.15) is 6.42 Å². The maximum Gasteiger partial charge on any atom is 0.435 e. The minimum atomic E-state index is -6.83. The van der Waals surface area contributed by atoms with Gasteiger partial charge in [-0.3, -0.25) is 4.79 Å². The van der Waals surface area contributed by atoms with Gasteiger partial charge in [-0.25, -0.2) is 0 Å². The number of hydrogen-bond donors (Lipinski definition) is 2. The highest BCUT2D eigenvalue weighted by molar-refractivity contribution is 5.73. The van der Waals surface area contributed by atoms with Crippen molar-refractivity contribution in [3.63, 3.8) is 0 Å². The summed E-state index contributed by atoms with van der Waals surface area (Å²) in [5.74, 6) is -1.64. The van der Waals surface area contributed by atoms with Crippen LogP contribution in [0.15, 0.2) is 0 Å². The van der Waals surface area contributed by atoms with E-state index in [1.165, 1.54) is 0 Å². The molecule has 130 valence electrons. The molecular weight excluding hydrogens is 341 g/mol. The number of ether oxygens (including phenoxy) is 1. The molecular formula is C9H8F9NO3. The lowest BCUT2D eigenvalue weighted by Crippen LogP contribution is -2.68. The van der Waals surface area contributed by atoms with E-state index in [4.69, 9.17) is 5.11 Å². The molecule has 0 saturated carbocycles. The van der Waals surface area contributed by atoms with Crippen molar-refractivity contribution in [1.82, 2.24) is 5.32 Å². The highest BCUT2D eigenvalue weighted by Gasteiger charge is 2.86. The molecule has 0 radical (unpaired) electrons. The predicted octanol–water partition coefficient (Wildman–Crippen LogP) is 2.24. The fourth-order valence-corrected chi connectivity index (χ4v) is 1.91. The number of aliphatic carboxylic acids is 1. The number of nitrogens with one attached hydrogen (secondary N) is 1. The molecule has 13 heteroatoms. The molecule has 1 fully saturated rings. The Morgan fingerprint density at radius 2 is 1.36 bits per heavy atom. The van der Waals surface area contributed by atoms with Crippen molar-refractivity contribution in [2.75, 3.05) is 6.54 Å². The van der Waals surface area contributed by atoms with Gasteiger partial charge in [-0.15, -0.1) is 0 Å². The van der Waals surface area contributed by atoms with Gasteiger partial charge in [-0.2, -0.15) is 39.5 Å². The van der Waals surface area contributed by atoms with Crippen LogP contribution in [-0.2, 0) is 9.53 Å². The van der Waals surface area contributed by atoms with Crippen molar-refractivity contribution >= 4 is 5.97 Å². The Balaban J connectivity index is 3.21. The van der Waals surface area contributed by atoms with Crippen LogP contribution >= 0.6 is 0 Å². The van der Waals surface area contributed by atoms with Crippen molar-refractivity contribution in [1.29, 1.82) is 0 Å². The molecule has 0 amide bonds. The molecule has 2 N–H and O–H groups in total. The summed E-state index contributed by atoms with van der Waals surface area (Å²) < 4.78 is 117. The molecule has 1 heterocycles. The summed E-state index contributed by atoms with van der Waals surface area (Å²) in [6.45, 7) is -0.902. The van der Waals surface area contributed by atoms with E-state index in [9.17, 15) is 44.3 Å². The van der Waals surface area contributed by atoms with E-state index in [1.54, 1.807) is 0 Å². The molecule has 1 rings (SSSR count). The van der Waals surface area contributed by atoms with Crippen molar-refractivity contribution in [3.05, 3.63) is 0 Å². The number of alkyl halides is 9. The predicted molar refractivity (Wildman–Crippen MR) is 49.8 cm³/mol. The van der Waals surface area contributed by atoms with E-state index in [0.29, 0.717) is 0 Å². The van der Waals surface area contributed by atoms with Crippen LogP contribution in [0.25, 0.3) is 0 Å². The van der Waals surface area contributed by atoms with E-state index in [1.807, 2.05) is 5.32 Å². The summed E-state index contributed by atoms with van der Waals surface area (Å²) >= 11 is 0. The molecule has 0 aromatic rings. The molecule has 1 saturated heterocycles. The lowest BCUT2D eigenvalue weighted by molar-refractivity contribution is -0.463. The third-order valence-electron chi connectivity index (χ3n) is 2.93. The lowest BCUT2D eigenvalue weighted by Gasteiger charge is -2.39. The Hall–Kier alpha value is -1.24. The molecule has 0 bridgehead atoms.